The molecule has 0 amide bonds. The molecule has 0 radical (unpaired) electrons. The summed E-state index contributed by atoms with van der Waals surface area (Å²) in [5, 5.41) is 18.8. The molecule has 15 heterocycles. The zero-order valence-electron chi connectivity index (χ0n) is 72.3. The molecule has 3 atom stereocenters. The van der Waals surface area contributed by atoms with Gasteiger partial charge in [0.05, 0.1) is 36.4 Å². The molecule has 0 aliphatic carbocycles. The number of β-amino-alcohol motifs (C(OH)–C–C–N with tert-alkyl or cyclic N) is 1. The lowest BCUT2D eigenvalue weighted by atomic mass is 9.92. The molecular weight excluding hydrogens is 1400 g/mol. The highest BCUT2D eigenvalue weighted by Gasteiger charge is 2.43. The van der Waals surface area contributed by atoms with Crippen molar-refractivity contribution in [1.82, 2.24) is 88.3 Å². The van der Waals surface area contributed by atoms with Crippen LogP contribution in [0.15, 0.2) is 85.1 Å². The number of piperidine rings is 2. The van der Waals surface area contributed by atoms with Crippen LogP contribution in [-0.4, -0.2) is 476 Å². The molecule has 24 heteroatoms. The van der Waals surface area contributed by atoms with Crippen molar-refractivity contribution in [2.45, 2.75) is 124 Å². The van der Waals surface area contributed by atoms with Gasteiger partial charge in [-0.25, -0.2) is 8.42 Å². The van der Waals surface area contributed by atoms with E-state index in [2.05, 4.69) is 274 Å². The maximum atomic E-state index is 11.2. The summed E-state index contributed by atoms with van der Waals surface area (Å²) in [6.07, 6.45) is 11.9. The van der Waals surface area contributed by atoms with E-state index in [1.54, 1.807) is 0 Å². The molecule has 3 unspecified atom stereocenters. The molecule has 14 aliphatic heterocycles. The quantitative estimate of drug-likeness (QED) is 0.263. The first-order chi connectivity index (χ1) is 52.4. The van der Waals surface area contributed by atoms with Crippen molar-refractivity contribution >= 4 is 9.84 Å². The van der Waals surface area contributed by atoms with Crippen molar-refractivity contribution in [1.29, 1.82) is 0 Å². The Hall–Kier alpha value is -3.26. The van der Waals surface area contributed by atoms with Gasteiger partial charge in [0.2, 0.25) is 0 Å². The van der Waals surface area contributed by atoms with E-state index in [1.807, 2.05) is 19.2 Å². The first-order valence-corrected chi connectivity index (χ1v) is 44.3. The normalized spacial score (nSPS) is 27.1. The van der Waals surface area contributed by atoms with Gasteiger partial charge in [0.1, 0.15) is 0 Å². The lowest BCUT2D eigenvalue weighted by molar-refractivity contribution is -0.125. The van der Waals surface area contributed by atoms with Gasteiger partial charge in [0, 0.05) is 223 Å². The minimum absolute atomic E-state index is 0.0287. The number of likely N-dealkylation sites (N-methyl/N-ethyl adjacent to an activating group) is 8. The summed E-state index contributed by atoms with van der Waals surface area (Å²) < 4.78 is 27.6. The standard InChI is InChI=1S/2C10H13N.C9H18N2O.C9H12N2.C8H16N2O2S.2C8H16N2O.3C8H18N2/c1-11-7-10(8-11)9-5-3-2-4-6-9;1-11-8-7-10(11)9-5-3-2-4-6-9;1-10-6-8(7-10)11-4-2-9(12)3-5-11;1-11-6-8(7-11)9-4-2-3-5-10-9;1-9-6-8(7-9)10-2-4-13(11,12)5-3-10;1-8(11)5-10(6-8)7-3-9(2)4-7;1-9-6-8(7-9)10-2-4-11-5-3-10;1-9(2)8-4-6-10(3)7-5-8;1-9(2)6-8-4-5-10(3)7-8;1-9(2)7-8-5-4-6-10(8)3/h2*2-6,10H,7-8H2,1H3;8-9,12H,2-7H2,1H3;2-5,8H,6-7H2,1H3;8H,2-7H2,1H3;7,11H,3-6H2,1-2H3;8H,2-7H2,1H3;3*8H,4-7H2,1-3H3. The molecule has 1 aromatic heterocycles. The second kappa shape index (κ2) is 46.6. The Morgan fingerprint density at radius 2 is 0.900 bits per heavy atom. The van der Waals surface area contributed by atoms with Crippen LogP contribution in [-0.2, 0) is 14.6 Å². The summed E-state index contributed by atoms with van der Waals surface area (Å²) in [4.78, 5) is 44.5. The Morgan fingerprint density at radius 3 is 1.30 bits per heavy atom. The number of aliphatic hydroxyl groups excluding tert-OH is 1. The van der Waals surface area contributed by atoms with Crippen LogP contribution in [0.4, 0.5) is 0 Å². The number of pyridine rings is 1. The van der Waals surface area contributed by atoms with E-state index in [-0.39, 0.29) is 6.10 Å². The number of nitrogens with zero attached hydrogens (tertiary/aromatic N) is 18. The van der Waals surface area contributed by atoms with Gasteiger partial charge in [-0.2, -0.15) is 0 Å². The number of rotatable bonds is 12. The number of benzene rings is 2. The molecule has 2 aromatic carbocycles. The Bertz CT molecular complexity index is 2950. The highest BCUT2D eigenvalue weighted by Crippen LogP contribution is 2.32. The molecule has 110 heavy (non-hydrogen) atoms. The van der Waals surface area contributed by atoms with Crippen LogP contribution in [0.5, 0.6) is 0 Å². The summed E-state index contributed by atoms with van der Waals surface area (Å²) >= 11 is 0. The first kappa shape index (κ1) is 92.3. The summed E-state index contributed by atoms with van der Waals surface area (Å²) in [6, 6.07) is 32.9. The van der Waals surface area contributed by atoms with E-state index in [4.69, 9.17) is 4.74 Å². The van der Waals surface area contributed by atoms with Crippen LogP contribution in [0.3, 0.4) is 0 Å². The zero-order chi connectivity index (χ0) is 79.5. The predicted octanol–water partition coefficient (Wildman–Crippen LogP) is 4.46. The van der Waals surface area contributed by atoms with Gasteiger partial charge >= 0.3 is 0 Å². The van der Waals surface area contributed by atoms with Crippen molar-refractivity contribution in [2.24, 2.45) is 5.92 Å². The Kier molecular flexibility index (Phi) is 39.1. The second-order valence-electron chi connectivity index (χ2n) is 36.4. The largest absolute Gasteiger partial charge is 0.393 e. The fraction of sp³-hybridized carbons (Fsp3) is 0.802. The highest BCUT2D eigenvalue weighted by molar-refractivity contribution is 7.91. The van der Waals surface area contributed by atoms with Gasteiger partial charge in [-0.3, -0.25) is 29.5 Å². The molecule has 0 bridgehead atoms. The van der Waals surface area contributed by atoms with Crippen molar-refractivity contribution in [2.75, 3.05) is 321 Å². The monoisotopic (exact) mass is 1560 g/mol. The number of morpholine rings is 1. The molecule has 14 aliphatic rings. The first-order valence-electron chi connectivity index (χ1n) is 42.4. The summed E-state index contributed by atoms with van der Waals surface area (Å²) in [6.45, 7) is 35.8. The van der Waals surface area contributed by atoms with Crippen LogP contribution in [0.25, 0.3) is 0 Å². The molecule has 17 rings (SSSR count). The fourth-order valence-electron chi connectivity index (χ4n) is 17.5. The number of sulfone groups is 1. The van der Waals surface area contributed by atoms with Crippen molar-refractivity contribution in [3.63, 3.8) is 0 Å². The van der Waals surface area contributed by atoms with Crippen molar-refractivity contribution in [3.8, 4) is 0 Å². The van der Waals surface area contributed by atoms with E-state index in [1.165, 1.54) is 160 Å². The molecule has 14 saturated heterocycles. The molecule has 2 N–H and O–H groups in total. The third-order valence-electron chi connectivity index (χ3n) is 25.0. The topological polar surface area (TPSA) is 152 Å². The van der Waals surface area contributed by atoms with Crippen LogP contribution >= 0.6 is 0 Å². The van der Waals surface area contributed by atoms with Crippen LogP contribution < -0.4 is 0 Å². The van der Waals surface area contributed by atoms with E-state index < -0.39 is 15.4 Å². The van der Waals surface area contributed by atoms with Gasteiger partial charge in [-0.15, -0.1) is 0 Å². The number of hydrogen-bond acceptors (Lipinski definition) is 23. The smallest absolute Gasteiger partial charge is 0.152 e. The van der Waals surface area contributed by atoms with Crippen molar-refractivity contribution < 1.29 is 23.4 Å². The predicted molar refractivity (Wildman–Crippen MR) is 457 cm³/mol. The maximum absolute atomic E-state index is 11.2. The second-order valence-corrected chi connectivity index (χ2v) is 38.7. The lowest BCUT2D eigenvalue weighted by Gasteiger charge is -2.53. The molecule has 0 saturated carbocycles. The highest BCUT2D eigenvalue weighted by atomic mass is 32.2. The summed E-state index contributed by atoms with van der Waals surface area (Å²) in [5.74, 6) is 3.10. The van der Waals surface area contributed by atoms with E-state index in [9.17, 15) is 18.6 Å². The average molecular weight is 1560 g/mol. The third kappa shape index (κ3) is 32.3. The van der Waals surface area contributed by atoms with Crippen molar-refractivity contribution in [3.05, 3.63) is 102 Å². The summed E-state index contributed by atoms with van der Waals surface area (Å²) in [7, 11) is 31.9. The molecule has 628 valence electrons. The van der Waals surface area contributed by atoms with E-state index in [0.29, 0.717) is 29.5 Å². The molecule has 3 aromatic rings. The summed E-state index contributed by atoms with van der Waals surface area (Å²) in [5.41, 5.74) is 3.80. The lowest BCUT2D eigenvalue weighted by Crippen LogP contribution is -2.69. The minimum Gasteiger partial charge on any atom is -0.393 e. The average Bonchev–Trinajstić information content (AvgIpc) is 0.837. The Morgan fingerprint density at radius 1 is 0.445 bits per heavy atom. The molecule has 0 spiro atoms. The number of ether oxygens (including phenoxy) is 1. The van der Waals surface area contributed by atoms with Gasteiger partial charge in [-0.1, -0.05) is 66.7 Å². The number of aromatic nitrogens is 1. The van der Waals surface area contributed by atoms with Crippen LogP contribution in [0.1, 0.15) is 93.0 Å². The van der Waals surface area contributed by atoms with Gasteiger partial charge in [-0.05, 0) is 226 Å². The van der Waals surface area contributed by atoms with Gasteiger partial charge in [0.25, 0.3) is 0 Å². The van der Waals surface area contributed by atoms with Crippen LogP contribution in [0, 0.1) is 5.92 Å². The van der Waals surface area contributed by atoms with E-state index in [0.717, 1.165) is 147 Å². The SMILES string of the molecule is CN(C)CC1CCCN1C.CN(C)CC1CCN(C)C1.CN1CC(N2CC(C)(O)C2)C1.CN1CC(N2CCC(O)CC2)C1.CN1CC(N2CCOCC2)C1.CN1CC(N2CCS(=O)(=O)CC2)C1.CN1CC(c2ccccc2)C1.CN1CC(c2ccccn2)C1.CN1CCC(N(C)C)CC1.CN1CCC1c1ccccc1. The Labute approximate surface area is 670 Å². The van der Waals surface area contributed by atoms with E-state index >= 15 is 0 Å². The minimum atomic E-state index is -2.70. The molecular formula is C86H158N18O5S. The number of likely N-dealkylation sites (tertiary alicyclic amines) is 12. The number of hydrogen-bond donors (Lipinski definition) is 2. The number of aliphatic hydroxyl groups is 2. The van der Waals surface area contributed by atoms with Gasteiger partial charge < -0.3 is 73.7 Å². The third-order valence-corrected chi connectivity index (χ3v) is 26.6. The molecule has 14 fully saturated rings. The fourth-order valence-corrected chi connectivity index (χ4v) is 18.8. The Balaban J connectivity index is 0.000000154. The van der Waals surface area contributed by atoms with Gasteiger partial charge in [0.15, 0.2) is 9.84 Å². The molecule has 23 nitrogen and oxygen atoms in total. The van der Waals surface area contributed by atoms with Crippen LogP contribution in [0.2, 0.25) is 0 Å². The maximum Gasteiger partial charge on any atom is 0.152 e. The zero-order valence-corrected chi connectivity index (χ0v) is 73.1.